The number of benzene rings is 1. The molecule has 1 aliphatic heterocycles. The lowest BCUT2D eigenvalue weighted by molar-refractivity contribution is -0.152. The smallest absolute Gasteiger partial charge is 0.312 e. The molecule has 2 aromatic rings. The van der Waals surface area contributed by atoms with Gasteiger partial charge >= 0.3 is 5.97 Å². The molecule has 2 heterocycles. The number of piperidine rings is 1. The van der Waals surface area contributed by atoms with Crippen LogP contribution in [-0.2, 0) is 20.7 Å². The van der Waals surface area contributed by atoms with Gasteiger partial charge in [-0.25, -0.2) is 5.10 Å². The van der Waals surface area contributed by atoms with Crippen LogP contribution >= 0.6 is 0 Å². The molecule has 0 unspecified atom stereocenters. The Hall–Kier alpha value is -2.70. The first kappa shape index (κ1) is 18.1. The molecule has 1 N–H and O–H groups in total. The number of esters is 1. The van der Waals surface area contributed by atoms with Crippen molar-refractivity contribution in [1.82, 2.24) is 15.1 Å². The van der Waals surface area contributed by atoms with E-state index in [-0.39, 0.29) is 24.5 Å². The third kappa shape index (κ3) is 4.09. The van der Waals surface area contributed by atoms with Gasteiger partial charge in [-0.1, -0.05) is 32.0 Å². The molecule has 1 fully saturated rings. The molecule has 0 spiro atoms. The van der Waals surface area contributed by atoms with Crippen LogP contribution in [0.5, 0.6) is 0 Å². The zero-order chi connectivity index (χ0) is 18.7. The summed E-state index contributed by atoms with van der Waals surface area (Å²) in [5.41, 5.74) is 0.124. The number of nitrogens with one attached hydrogen (secondary N) is 1. The van der Waals surface area contributed by atoms with Gasteiger partial charge in [0.15, 0.2) is 6.61 Å². The molecule has 1 saturated heterocycles. The number of carbonyl (C=O) groups excluding carboxylic acids is 2. The first-order chi connectivity index (χ1) is 12.4. The fourth-order valence-corrected chi connectivity index (χ4v) is 3.59. The van der Waals surface area contributed by atoms with Crippen molar-refractivity contribution in [1.29, 1.82) is 0 Å². The predicted molar refractivity (Wildman–Crippen MR) is 96.6 cm³/mol. The second-order valence-electron chi connectivity index (χ2n) is 7.13. The summed E-state index contributed by atoms with van der Waals surface area (Å²) in [7, 11) is 0. The Kier molecular flexibility index (Phi) is 5.35. The van der Waals surface area contributed by atoms with Crippen LogP contribution in [0.3, 0.4) is 0 Å². The molecule has 7 nitrogen and oxygen atoms in total. The van der Waals surface area contributed by atoms with Crippen molar-refractivity contribution >= 4 is 22.6 Å². The van der Waals surface area contributed by atoms with Crippen LogP contribution < -0.4 is 5.56 Å². The van der Waals surface area contributed by atoms with Gasteiger partial charge in [-0.05, 0) is 24.3 Å². The molecule has 2 atom stereocenters. The zero-order valence-electron chi connectivity index (χ0n) is 15.0. The molecule has 7 heteroatoms. The topological polar surface area (TPSA) is 92.4 Å². The molecule has 0 aliphatic carbocycles. The summed E-state index contributed by atoms with van der Waals surface area (Å²) >= 11 is 0. The van der Waals surface area contributed by atoms with E-state index >= 15 is 0 Å². The molecule has 138 valence electrons. The Labute approximate surface area is 151 Å². The van der Waals surface area contributed by atoms with Crippen molar-refractivity contribution < 1.29 is 14.3 Å². The number of ether oxygens (including phenoxy) is 1. The largest absolute Gasteiger partial charge is 0.455 e. The van der Waals surface area contributed by atoms with Crippen LogP contribution in [0.2, 0.25) is 0 Å². The van der Waals surface area contributed by atoms with E-state index in [1.165, 1.54) is 0 Å². The first-order valence-electron chi connectivity index (χ1n) is 8.83. The molecule has 1 aromatic heterocycles. The van der Waals surface area contributed by atoms with E-state index in [9.17, 15) is 14.4 Å². The lowest BCUT2D eigenvalue weighted by Gasteiger charge is -2.34. The normalized spacial score (nSPS) is 20.2. The second kappa shape index (κ2) is 7.68. The second-order valence-corrected chi connectivity index (χ2v) is 7.13. The van der Waals surface area contributed by atoms with E-state index in [1.807, 2.05) is 0 Å². The lowest BCUT2D eigenvalue weighted by Crippen LogP contribution is -2.44. The van der Waals surface area contributed by atoms with Crippen LogP contribution in [0.25, 0.3) is 10.8 Å². The molecule has 1 aromatic carbocycles. The SMILES string of the molecule is C[C@@H]1C[C@H](C)CN(C(=O)COC(=O)Cc2n[nH]c(=O)c3ccccc23)C1. The Balaban J connectivity index is 1.60. The Morgan fingerprint density at radius 1 is 1.19 bits per heavy atom. The van der Waals surface area contributed by atoms with Gasteiger partial charge < -0.3 is 9.64 Å². The quantitative estimate of drug-likeness (QED) is 0.838. The average Bonchev–Trinajstić information content (AvgIpc) is 2.61. The van der Waals surface area contributed by atoms with E-state index in [4.69, 9.17) is 4.74 Å². The zero-order valence-corrected chi connectivity index (χ0v) is 15.0. The third-order valence-electron chi connectivity index (χ3n) is 4.66. The highest BCUT2D eigenvalue weighted by Gasteiger charge is 2.26. The van der Waals surface area contributed by atoms with Crippen LogP contribution in [-0.4, -0.2) is 46.7 Å². The summed E-state index contributed by atoms with van der Waals surface area (Å²) in [6, 6.07) is 6.94. The molecule has 3 rings (SSSR count). The first-order valence-corrected chi connectivity index (χ1v) is 8.83. The van der Waals surface area contributed by atoms with Crippen LogP contribution in [0.1, 0.15) is 26.0 Å². The predicted octanol–water partition coefficient (Wildman–Crippen LogP) is 1.51. The molecule has 1 amide bonds. The van der Waals surface area contributed by atoms with Crippen molar-refractivity contribution in [3.05, 3.63) is 40.3 Å². The van der Waals surface area contributed by atoms with Crippen LogP contribution in [0.4, 0.5) is 0 Å². The fraction of sp³-hybridized carbons (Fsp3) is 0.474. The van der Waals surface area contributed by atoms with Gasteiger partial charge in [0.25, 0.3) is 11.5 Å². The number of amides is 1. The van der Waals surface area contributed by atoms with Crippen LogP contribution in [0.15, 0.2) is 29.1 Å². The van der Waals surface area contributed by atoms with Gasteiger partial charge in [-0.15, -0.1) is 0 Å². The van der Waals surface area contributed by atoms with E-state index < -0.39 is 5.97 Å². The molecule has 0 radical (unpaired) electrons. The van der Waals surface area contributed by atoms with Crippen molar-refractivity contribution in [3.8, 4) is 0 Å². The minimum atomic E-state index is -0.541. The number of hydrogen-bond acceptors (Lipinski definition) is 5. The number of hydrogen-bond donors (Lipinski definition) is 1. The standard InChI is InChI=1S/C19H23N3O4/c1-12-7-13(2)10-22(9-12)17(23)11-26-18(24)8-16-14-5-3-4-6-15(14)19(25)21-20-16/h3-6,12-13H,7-11H2,1-2H3,(H,21,25)/t12-,13+. The summed E-state index contributed by atoms with van der Waals surface area (Å²) in [4.78, 5) is 38.0. The number of rotatable bonds is 4. The number of nitrogens with zero attached hydrogens (tertiary/aromatic N) is 2. The maximum Gasteiger partial charge on any atom is 0.312 e. The molecule has 0 bridgehead atoms. The van der Waals surface area contributed by atoms with Crippen molar-refractivity contribution in [2.75, 3.05) is 19.7 Å². The molecule has 0 saturated carbocycles. The van der Waals surface area contributed by atoms with Gasteiger partial charge in [0.05, 0.1) is 17.5 Å². The average molecular weight is 357 g/mol. The highest BCUT2D eigenvalue weighted by Crippen LogP contribution is 2.21. The van der Waals surface area contributed by atoms with E-state index in [2.05, 4.69) is 24.0 Å². The maximum absolute atomic E-state index is 12.3. The third-order valence-corrected chi connectivity index (χ3v) is 4.66. The number of likely N-dealkylation sites (tertiary alicyclic amines) is 1. The van der Waals surface area contributed by atoms with Gasteiger partial charge in [0, 0.05) is 18.5 Å². The Morgan fingerprint density at radius 3 is 2.54 bits per heavy atom. The number of carbonyl (C=O) groups is 2. The number of aromatic amines is 1. The van der Waals surface area contributed by atoms with Crippen molar-refractivity contribution in [2.24, 2.45) is 11.8 Å². The number of aromatic nitrogens is 2. The van der Waals surface area contributed by atoms with Crippen LogP contribution in [0, 0.1) is 11.8 Å². The minimum absolute atomic E-state index is 0.0998. The fourth-order valence-electron chi connectivity index (χ4n) is 3.59. The van der Waals surface area contributed by atoms with Gasteiger partial charge in [0.1, 0.15) is 0 Å². The van der Waals surface area contributed by atoms with Gasteiger partial charge in [0.2, 0.25) is 0 Å². The Morgan fingerprint density at radius 2 is 1.85 bits per heavy atom. The lowest BCUT2D eigenvalue weighted by atomic mass is 9.92. The Bertz CT molecular complexity index is 866. The van der Waals surface area contributed by atoms with Crippen molar-refractivity contribution in [3.63, 3.8) is 0 Å². The van der Waals surface area contributed by atoms with Gasteiger partial charge in [-0.3, -0.25) is 14.4 Å². The summed E-state index contributed by atoms with van der Waals surface area (Å²) in [5, 5.41) is 7.42. The summed E-state index contributed by atoms with van der Waals surface area (Å²) in [6.45, 7) is 5.38. The molecule has 1 aliphatic rings. The summed E-state index contributed by atoms with van der Waals surface area (Å²) in [6.07, 6.45) is 1.01. The molecule has 26 heavy (non-hydrogen) atoms. The monoisotopic (exact) mass is 357 g/mol. The van der Waals surface area contributed by atoms with E-state index in [0.29, 0.717) is 41.4 Å². The number of fused-ring (bicyclic) bond motifs is 1. The highest BCUT2D eigenvalue weighted by atomic mass is 16.5. The maximum atomic E-state index is 12.3. The molecular weight excluding hydrogens is 334 g/mol. The molecular formula is C19H23N3O4. The minimum Gasteiger partial charge on any atom is -0.455 e. The van der Waals surface area contributed by atoms with E-state index in [0.717, 1.165) is 6.42 Å². The van der Waals surface area contributed by atoms with Gasteiger partial charge in [-0.2, -0.15) is 5.10 Å². The van der Waals surface area contributed by atoms with Crippen molar-refractivity contribution in [2.45, 2.75) is 26.7 Å². The highest BCUT2D eigenvalue weighted by molar-refractivity contribution is 5.87. The summed E-state index contributed by atoms with van der Waals surface area (Å²) < 4.78 is 5.15. The summed E-state index contributed by atoms with van der Waals surface area (Å²) in [5.74, 6) is 0.197. The van der Waals surface area contributed by atoms with E-state index in [1.54, 1.807) is 29.2 Å². The number of H-pyrrole nitrogens is 1.